The van der Waals surface area contributed by atoms with Gasteiger partial charge >= 0.3 is 18.0 Å². The van der Waals surface area contributed by atoms with Crippen molar-refractivity contribution < 1.29 is 28.7 Å². The summed E-state index contributed by atoms with van der Waals surface area (Å²) >= 11 is 0. The smallest absolute Gasteiger partial charge is 0.326 e. The minimum absolute atomic E-state index is 0.0541. The van der Waals surface area contributed by atoms with E-state index in [0.29, 0.717) is 4.90 Å². The van der Waals surface area contributed by atoms with Gasteiger partial charge in [-0.15, -0.1) is 0 Å². The highest BCUT2D eigenvalue weighted by molar-refractivity contribution is 6.08. The lowest BCUT2D eigenvalue weighted by atomic mass is 10.1. The molecule has 0 spiro atoms. The van der Waals surface area contributed by atoms with Gasteiger partial charge in [0.05, 0.1) is 0 Å². The van der Waals surface area contributed by atoms with Gasteiger partial charge in [0.1, 0.15) is 12.1 Å². The van der Waals surface area contributed by atoms with Crippen LogP contribution in [0.15, 0.2) is 0 Å². The zero-order valence-electron chi connectivity index (χ0n) is 14.2. The third-order valence-electron chi connectivity index (χ3n) is 4.04. The molecule has 2 aliphatic rings. The summed E-state index contributed by atoms with van der Waals surface area (Å²) in [4.78, 5) is 59.2. The Bertz CT molecular complexity index is 597. The summed E-state index contributed by atoms with van der Waals surface area (Å²) in [6.07, 6.45) is 3.82. The third kappa shape index (κ3) is 4.91. The van der Waals surface area contributed by atoms with E-state index in [2.05, 4.69) is 16.0 Å². The molecule has 1 heterocycles. The van der Waals surface area contributed by atoms with E-state index < -0.39 is 48.5 Å². The van der Waals surface area contributed by atoms with Crippen LogP contribution in [-0.4, -0.2) is 59.5 Å². The molecule has 1 aliphatic carbocycles. The molecule has 10 heteroatoms. The van der Waals surface area contributed by atoms with E-state index in [1.807, 2.05) is 0 Å². The van der Waals surface area contributed by atoms with Crippen LogP contribution in [-0.2, 0) is 19.1 Å². The maximum Gasteiger partial charge on any atom is 0.326 e. The molecule has 10 nitrogen and oxygen atoms in total. The van der Waals surface area contributed by atoms with Crippen molar-refractivity contribution in [3.05, 3.63) is 0 Å². The molecule has 0 unspecified atom stereocenters. The van der Waals surface area contributed by atoms with Gasteiger partial charge in [0.15, 0.2) is 6.61 Å². The van der Waals surface area contributed by atoms with E-state index in [0.717, 1.165) is 25.7 Å². The molecule has 1 aliphatic heterocycles. The normalized spacial score (nSPS) is 19.5. The molecular weight excluding hydrogens is 332 g/mol. The Morgan fingerprint density at radius 1 is 1.24 bits per heavy atom. The number of nitrogens with zero attached hydrogens (tertiary/aromatic N) is 1. The lowest BCUT2D eigenvalue weighted by Gasteiger charge is -2.15. The van der Waals surface area contributed by atoms with Crippen LogP contribution in [0.2, 0.25) is 0 Å². The predicted molar refractivity (Wildman–Crippen MR) is 84.2 cm³/mol. The van der Waals surface area contributed by atoms with Crippen LogP contribution in [0.25, 0.3) is 0 Å². The minimum atomic E-state index is -1.09. The van der Waals surface area contributed by atoms with Crippen molar-refractivity contribution in [3.63, 3.8) is 0 Å². The number of imide groups is 2. The molecule has 2 rings (SSSR count). The Balaban J connectivity index is 1.70. The number of esters is 1. The fourth-order valence-electron chi connectivity index (χ4n) is 2.74. The Morgan fingerprint density at radius 2 is 1.88 bits per heavy atom. The molecule has 0 bridgehead atoms. The molecule has 6 amide bonds. The molecule has 1 saturated heterocycles. The number of amides is 6. The number of hydrogen-bond acceptors (Lipinski definition) is 6. The second kappa shape index (κ2) is 7.49. The Labute approximate surface area is 144 Å². The van der Waals surface area contributed by atoms with Gasteiger partial charge in [-0.25, -0.2) is 9.59 Å². The van der Waals surface area contributed by atoms with Crippen molar-refractivity contribution in [1.29, 1.82) is 0 Å². The summed E-state index contributed by atoms with van der Waals surface area (Å²) in [5.74, 6) is -2.27. The molecule has 0 atom stereocenters. The monoisotopic (exact) mass is 354 g/mol. The summed E-state index contributed by atoms with van der Waals surface area (Å²) in [6, 6.07) is -1.28. The van der Waals surface area contributed by atoms with Crippen LogP contribution in [0.5, 0.6) is 0 Å². The maximum absolute atomic E-state index is 11.9. The molecule has 2 fully saturated rings. The average molecular weight is 354 g/mol. The number of ether oxygens (including phenoxy) is 1. The van der Waals surface area contributed by atoms with E-state index in [4.69, 9.17) is 4.74 Å². The lowest BCUT2D eigenvalue weighted by Crippen LogP contribution is -2.45. The van der Waals surface area contributed by atoms with Crippen LogP contribution in [0.1, 0.15) is 39.5 Å². The van der Waals surface area contributed by atoms with Crippen LogP contribution in [0.4, 0.5) is 9.59 Å². The van der Waals surface area contributed by atoms with E-state index in [1.165, 1.54) is 13.8 Å². The highest BCUT2D eigenvalue weighted by Gasteiger charge is 2.45. The van der Waals surface area contributed by atoms with E-state index in [-0.39, 0.29) is 6.04 Å². The molecule has 0 aromatic rings. The fraction of sp³-hybridized carbons (Fsp3) is 0.667. The Hall–Kier alpha value is -2.65. The first kappa shape index (κ1) is 18.7. The van der Waals surface area contributed by atoms with Crippen molar-refractivity contribution in [1.82, 2.24) is 20.9 Å². The number of urea groups is 2. The number of carbonyl (C=O) groups excluding carboxylic acids is 5. The first-order chi connectivity index (χ1) is 11.7. The lowest BCUT2D eigenvalue weighted by molar-refractivity contribution is -0.150. The average Bonchev–Trinajstić information content (AvgIpc) is 3.07. The number of carbonyl (C=O) groups is 5. The van der Waals surface area contributed by atoms with Crippen molar-refractivity contribution >= 4 is 29.8 Å². The SMILES string of the molecule is CC1(C)NC(=O)N(CC(=O)OCC(=O)NC(=O)NC2CCCC2)C1=O. The van der Waals surface area contributed by atoms with E-state index >= 15 is 0 Å². The standard InChI is InChI=1S/C15H22N4O6/c1-15(2)12(22)19(14(24)18-15)7-11(21)25-8-10(20)17-13(23)16-9-5-3-4-6-9/h9H,3-8H2,1-2H3,(H,18,24)(H2,16,17,20,23). The van der Waals surface area contributed by atoms with Crippen molar-refractivity contribution in [2.45, 2.75) is 51.1 Å². The first-order valence-electron chi connectivity index (χ1n) is 8.09. The zero-order chi connectivity index (χ0) is 18.6. The predicted octanol–water partition coefficient (Wildman–Crippen LogP) is -0.372. The zero-order valence-corrected chi connectivity index (χ0v) is 14.2. The van der Waals surface area contributed by atoms with Crippen LogP contribution >= 0.6 is 0 Å². The highest BCUT2D eigenvalue weighted by Crippen LogP contribution is 2.17. The van der Waals surface area contributed by atoms with Gasteiger partial charge in [-0.2, -0.15) is 0 Å². The maximum atomic E-state index is 11.9. The Morgan fingerprint density at radius 3 is 2.44 bits per heavy atom. The van der Waals surface area contributed by atoms with Crippen LogP contribution in [0, 0.1) is 0 Å². The highest BCUT2D eigenvalue weighted by atomic mass is 16.5. The van der Waals surface area contributed by atoms with Gasteiger partial charge in [-0.05, 0) is 26.7 Å². The second-order valence-corrected chi connectivity index (χ2v) is 6.61. The molecule has 0 radical (unpaired) electrons. The number of nitrogens with one attached hydrogen (secondary N) is 3. The number of hydrogen-bond donors (Lipinski definition) is 3. The van der Waals surface area contributed by atoms with Gasteiger partial charge in [0.2, 0.25) is 0 Å². The summed E-state index contributed by atoms with van der Waals surface area (Å²) < 4.78 is 4.70. The van der Waals surface area contributed by atoms with Gasteiger partial charge in [-0.1, -0.05) is 12.8 Å². The van der Waals surface area contributed by atoms with Crippen molar-refractivity contribution in [3.8, 4) is 0 Å². The molecule has 25 heavy (non-hydrogen) atoms. The van der Waals surface area contributed by atoms with E-state index in [9.17, 15) is 24.0 Å². The largest absolute Gasteiger partial charge is 0.454 e. The fourth-order valence-corrected chi connectivity index (χ4v) is 2.74. The Kier molecular flexibility index (Phi) is 5.60. The van der Waals surface area contributed by atoms with Gasteiger partial charge in [0.25, 0.3) is 11.8 Å². The van der Waals surface area contributed by atoms with Crippen LogP contribution < -0.4 is 16.0 Å². The minimum Gasteiger partial charge on any atom is -0.454 e. The van der Waals surface area contributed by atoms with Gasteiger partial charge < -0.3 is 15.4 Å². The second-order valence-electron chi connectivity index (χ2n) is 6.61. The van der Waals surface area contributed by atoms with Gasteiger partial charge in [-0.3, -0.25) is 24.6 Å². The van der Waals surface area contributed by atoms with E-state index in [1.54, 1.807) is 0 Å². The molecule has 0 aromatic heterocycles. The number of rotatable bonds is 5. The summed E-state index contributed by atoms with van der Waals surface area (Å²) in [7, 11) is 0. The van der Waals surface area contributed by atoms with Crippen LogP contribution in [0.3, 0.4) is 0 Å². The summed E-state index contributed by atoms with van der Waals surface area (Å²) in [5, 5.41) is 7.14. The summed E-state index contributed by atoms with van der Waals surface area (Å²) in [6.45, 7) is 1.74. The van der Waals surface area contributed by atoms with Gasteiger partial charge in [0, 0.05) is 6.04 Å². The third-order valence-corrected chi connectivity index (χ3v) is 4.04. The topological polar surface area (TPSA) is 134 Å². The first-order valence-corrected chi connectivity index (χ1v) is 8.09. The molecular formula is C15H22N4O6. The molecule has 138 valence electrons. The molecule has 0 aromatic carbocycles. The quantitative estimate of drug-likeness (QED) is 0.455. The van der Waals surface area contributed by atoms with Crippen molar-refractivity contribution in [2.24, 2.45) is 0 Å². The molecule has 3 N–H and O–H groups in total. The molecule has 1 saturated carbocycles. The summed E-state index contributed by atoms with van der Waals surface area (Å²) in [5.41, 5.74) is -1.09. The van der Waals surface area contributed by atoms with Crippen molar-refractivity contribution in [2.75, 3.05) is 13.2 Å².